The average molecular weight is 177 g/mol. The molecule has 0 fully saturated rings. The van der Waals surface area contributed by atoms with Crippen LogP contribution in [0, 0.1) is 0 Å². The smallest absolute Gasteiger partial charge is 0.315 e. The minimum absolute atomic E-state index is 0.152. The lowest BCUT2D eigenvalue weighted by Crippen LogP contribution is -2.10. The zero-order valence-corrected chi connectivity index (χ0v) is 6.50. The summed E-state index contributed by atoms with van der Waals surface area (Å²) in [4.78, 5) is 3.47. The molecule has 0 spiro atoms. The summed E-state index contributed by atoms with van der Waals surface area (Å²) in [5.41, 5.74) is 5.28. The van der Waals surface area contributed by atoms with Crippen molar-refractivity contribution in [1.82, 2.24) is 10.1 Å². The number of nitrogens with zero attached hydrogens (tertiary/aromatic N) is 2. The van der Waals surface area contributed by atoms with E-state index in [2.05, 4.69) is 14.7 Å². The standard InChI is InChI=1S/C6H9F2N3O/c1-3(2-9)5-10-6(4(7)8)12-11-5/h3-4H,2,9H2,1H3. The molecule has 0 radical (unpaired) electrons. The second-order valence-electron chi connectivity index (χ2n) is 2.43. The maximum atomic E-state index is 11.9. The lowest BCUT2D eigenvalue weighted by Gasteiger charge is -1.98. The summed E-state index contributed by atoms with van der Waals surface area (Å²) in [5, 5.41) is 3.36. The van der Waals surface area contributed by atoms with Gasteiger partial charge in [0.05, 0.1) is 0 Å². The number of hydrogen-bond acceptors (Lipinski definition) is 4. The third kappa shape index (κ3) is 1.76. The molecule has 1 atom stereocenters. The summed E-state index contributed by atoms with van der Waals surface area (Å²) in [6, 6.07) is 0. The Labute approximate surface area is 67.7 Å². The van der Waals surface area contributed by atoms with Gasteiger partial charge in [0, 0.05) is 12.5 Å². The number of hydrogen-bond donors (Lipinski definition) is 1. The highest BCUT2D eigenvalue weighted by Gasteiger charge is 2.18. The summed E-state index contributed by atoms with van der Waals surface area (Å²) < 4.78 is 28.1. The molecule has 6 heteroatoms. The van der Waals surface area contributed by atoms with E-state index in [0.717, 1.165) is 0 Å². The van der Waals surface area contributed by atoms with Crippen LogP contribution < -0.4 is 5.73 Å². The van der Waals surface area contributed by atoms with Crippen LogP contribution in [-0.4, -0.2) is 16.7 Å². The van der Waals surface area contributed by atoms with Gasteiger partial charge in [-0.3, -0.25) is 0 Å². The minimum Gasteiger partial charge on any atom is -0.333 e. The molecular weight excluding hydrogens is 168 g/mol. The first-order valence-corrected chi connectivity index (χ1v) is 3.47. The summed E-state index contributed by atoms with van der Waals surface area (Å²) >= 11 is 0. The molecular formula is C6H9F2N3O. The number of halogens is 2. The second-order valence-corrected chi connectivity index (χ2v) is 2.43. The third-order valence-corrected chi connectivity index (χ3v) is 1.44. The fraction of sp³-hybridized carbons (Fsp3) is 0.667. The zero-order chi connectivity index (χ0) is 9.14. The summed E-state index contributed by atoms with van der Waals surface area (Å²) in [6.07, 6.45) is -2.71. The predicted octanol–water partition coefficient (Wildman–Crippen LogP) is 1.07. The average Bonchev–Trinajstić information content (AvgIpc) is 2.51. The van der Waals surface area contributed by atoms with Crippen LogP contribution in [0.15, 0.2) is 4.52 Å². The van der Waals surface area contributed by atoms with Gasteiger partial charge in [-0.05, 0) is 0 Å². The summed E-state index contributed by atoms with van der Waals surface area (Å²) in [7, 11) is 0. The van der Waals surface area contributed by atoms with Crippen molar-refractivity contribution in [3.05, 3.63) is 11.7 Å². The highest BCUT2D eigenvalue weighted by Crippen LogP contribution is 2.18. The molecule has 0 bridgehead atoms. The Hall–Kier alpha value is -1.04. The van der Waals surface area contributed by atoms with Crippen LogP contribution in [0.25, 0.3) is 0 Å². The number of rotatable bonds is 3. The highest BCUT2D eigenvalue weighted by molar-refractivity contribution is 4.94. The van der Waals surface area contributed by atoms with Crippen molar-refractivity contribution in [3.8, 4) is 0 Å². The number of nitrogens with two attached hydrogens (primary N) is 1. The number of alkyl halides is 2. The molecule has 0 aliphatic carbocycles. The normalized spacial score (nSPS) is 13.8. The molecule has 1 rings (SSSR count). The van der Waals surface area contributed by atoms with Gasteiger partial charge in [-0.2, -0.15) is 13.8 Å². The van der Waals surface area contributed by atoms with Gasteiger partial charge in [-0.1, -0.05) is 12.1 Å². The molecule has 4 nitrogen and oxygen atoms in total. The van der Waals surface area contributed by atoms with Gasteiger partial charge >= 0.3 is 6.43 Å². The Morgan fingerprint density at radius 1 is 1.58 bits per heavy atom. The van der Waals surface area contributed by atoms with E-state index in [0.29, 0.717) is 6.54 Å². The van der Waals surface area contributed by atoms with Crippen molar-refractivity contribution in [1.29, 1.82) is 0 Å². The summed E-state index contributed by atoms with van der Waals surface area (Å²) in [6.45, 7) is 2.04. The van der Waals surface area contributed by atoms with Crippen LogP contribution in [0.1, 0.15) is 31.0 Å². The van der Waals surface area contributed by atoms with Crippen LogP contribution in [-0.2, 0) is 0 Å². The van der Waals surface area contributed by atoms with E-state index in [-0.39, 0.29) is 11.7 Å². The Balaban J connectivity index is 2.77. The Bertz CT molecular complexity index is 251. The maximum Gasteiger partial charge on any atom is 0.315 e. The number of aromatic nitrogens is 2. The third-order valence-electron chi connectivity index (χ3n) is 1.44. The SMILES string of the molecule is CC(CN)c1noc(C(F)F)n1. The van der Waals surface area contributed by atoms with E-state index < -0.39 is 12.3 Å². The summed E-state index contributed by atoms with van der Waals surface area (Å²) in [5.74, 6) is -0.570. The second kappa shape index (κ2) is 3.57. The molecule has 0 saturated heterocycles. The Morgan fingerprint density at radius 2 is 2.25 bits per heavy atom. The van der Waals surface area contributed by atoms with E-state index in [1.807, 2.05) is 0 Å². The molecule has 1 heterocycles. The fourth-order valence-corrected chi connectivity index (χ4v) is 0.641. The first kappa shape index (κ1) is 9.05. The first-order chi connectivity index (χ1) is 5.65. The molecule has 1 unspecified atom stereocenters. The van der Waals surface area contributed by atoms with Crippen LogP contribution in [0.4, 0.5) is 8.78 Å². The van der Waals surface area contributed by atoms with E-state index >= 15 is 0 Å². The van der Waals surface area contributed by atoms with E-state index in [1.54, 1.807) is 6.92 Å². The molecule has 0 aromatic carbocycles. The lowest BCUT2D eigenvalue weighted by molar-refractivity contribution is 0.106. The topological polar surface area (TPSA) is 64.9 Å². The van der Waals surface area contributed by atoms with Crippen LogP contribution in [0.3, 0.4) is 0 Å². The van der Waals surface area contributed by atoms with Gasteiger partial charge in [-0.15, -0.1) is 0 Å². The predicted molar refractivity (Wildman–Crippen MR) is 36.7 cm³/mol. The largest absolute Gasteiger partial charge is 0.333 e. The van der Waals surface area contributed by atoms with Crippen LogP contribution >= 0.6 is 0 Å². The van der Waals surface area contributed by atoms with Crippen LogP contribution in [0.2, 0.25) is 0 Å². The van der Waals surface area contributed by atoms with Crippen molar-refractivity contribution in [2.45, 2.75) is 19.3 Å². The molecule has 1 aromatic heterocycles. The van der Waals surface area contributed by atoms with Crippen molar-refractivity contribution in [3.63, 3.8) is 0 Å². The van der Waals surface area contributed by atoms with Gasteiger partial charge in [0.1, 0.15) is 0 Å². The van der Waals surface area contributed by atoms with Gasteiger partial charge < -0.3 is 10.3 Å². The van der Waals surface area contributed by atoms with Gasteiger partial charge in [0.15, 0.2) is 5.82 Å². The maximum absolute atomic E-state index is 11.9. The lowest BCUT2D eigenvalue weighted by atomic mass is 10.2. The van der Waals surface area contributed by atoms with E-state index in [9.17, 15) is 8.78 Å². The van der Waals surface area contributed by atoms with Gasteiger partial charge in [0.2, 0.25) is 0 Å². The molecule has 68 valence electrons. The van der Waals surface area contributed by atoms with E-state index in [4.69, 9.17) is 5.73 Å². The fourth-order valence-electron chi connectivity index (χ4n) is 0.641. The monoisotopic (exact) mass is 177 g/mol. The Morgan fingerprint density at radius 3 is 2.67 bits per heavy atom. The van der Waals surface area contributed by atoms with Crippen molar-refractivity contribution < 1.29 is 13.3 Å². The molecule has 0 aliphatic rings. The van der Waals surface area contributed by atoms with Crippen molar-refractivity contribution >= 4 is 0 Å². The molecule has 0 aliphatic heterocycles. The molecule has 12 heavy (non-hydrogen) atoms. The van der Waals surface area contributed by atoms with Crippen molar-refractivity contribution in [2.75, 3.05) is 6.54 Å². The van der Waals surface area contributed by atoms with Gasteiger partial charge in [-0.25, -0.2) is 0 Å². The molecule has 2 N–H and O–H groups in total. The first-order valence-electron chi connectivity index (χ1n) is 3.47. The highest BCUT2D eigenvalue weighted by atomic mass is 19.3. The van der Waals surface area contributed by atoms with Crippen LogP contribution in [0.5, 0.6) is 0 Å². The molecule has 0 amide bonds. The minimum atomic E-state index is -2.71. The molecule has 0 saturated carbocycles. The zero-order valence-electron chi connectivity index (χ0n) is 6.50. The Kier molecular flexibility index (Phi) is 2.69. The van der Waals surface area contributed by atoms with E-state index in [1.165, 1.54) is 0 Å². The van der Waals surface area contributed by atoms with Crippen molar-refractivity contribution in [2.24, 2.45) is 5.73 Å². The van der Waals surface area contributed by atoms with Gasteiger partial charge in [0.25, 0.3) is 5.89 Å². The molecule has 1 aromatic rings. The quantitative estimate of drug-likeness (QED) is 0.749.